The molecule has 0 aliphatic carbocycles. The van der Waals surface area contributed by atoms with Gasteiger partial charge in [0.1, 0.15) is 0 Å². The molecule has 0 amide bonds. The second-order valence-electron chi connectivity index (χ2n) is 5.80. The summed E-state index contributed by atoms with van der Waals surface area (Å²) in [6.07, 6.45) is 0. The first-order chi connectivity index (χ1) is 9.18. The first kappa shape index (κ1) is 16.3. The Bertz CT molecular complexity index is 557. The van der Waals surface area contributed by atoms with E-state index in [1.54, 1.807) is 12.1 Å². The lowest BCUT2D eigenvalue weighted by molar-refractivity contribution is -0.387. The van der Waals surface area contributed by atoms with Crippen LogP contribution in [0.4, 0.5) is 5.69 Å². The lowest BCUT2D eigenvalue weighted by Gasteiger charge is -2.21. The largest absolute Gasteiger partial charge is 0.413 e. The zero-order chi connectivity index (χ0) is 15.5. The normalized spacial score (nSPS) is 11.4. The monoisotopic (exact) mass is 291 g/mol. The summed E-state index contributed by atoms with van der Waals surface area (Å²) in [4.78, 5) is 11.0. The highest BCUT2D eigenvalue weighted by atomic mass is 28.3. The van der Waals surface area contributed by atoms with E-state index < -0.39 is 14.0 Å². The summed E-state index contributed by atoms with van der Waals surface area (Å²) < 4.78 is 5.58. The van der Waals surface area contributed by atoms with Crippen LogP contribution in [0.15, 0.2) is 12.1 Å². The molecule has 107 valence electrons. The van der Waals surface area contributed by atoms with E-state index in [4.69, 9.17) is 9.69 Å². The van der Waals surface area contributed by atoms with Crippen LogP contribution in [-0.2, 0) is 16.4 Å². The van der Waals surface area contributed by atoms with Crippen molar-refractivity contribution in [2.75, 3.05) is 0 Å². The van der Waals surface area contributed by atoms with Crippen molar-refractivity contribution in [3.8, 4) is 6.07 Å². The maximum absolute atomic E-state index is 11.5. The summed E-state index contributed by atoms with van der Waals surface area (Å²) >= 11 is 0. The molecule has 0 heterocycles. The number of benzene rings is 1. The van der Waals surface area contributed by atoms with Crippen LogP contribution in [-0.4, -0.2) is 14.0 Å². The molecule has 0 saturated heterocycles. The number of nitro groups is 1. The molecule has 1 aromatic rings. The predicted molar refractivity (Wildman–Crippen MR) is 78.8 cm³/mol. The van der Waals surface area contributed by atoms with Gasteiger partial charge in [0.05, 0.1) is 28.7 Å². The molecular weight excluding hydrogens is 272 g/mol. The summed E-state index contributed by atoms with van der Waals surface area (Å²) in [5, 5.41) is 20.6. The van der Waals surface area contributed by atoms with E-state index in [0.29, 0.717) is 16.7 Å². The maximum atomic E-state index is 11.5. The molecule has 1 rings (SSSR count). The van der Waals surface area contributed by atoms with Crippen LogP contribution in [0.1, 0.15) is 37.5 Å². The van der Waals surface area contributed by atoms with E-state index in [9.17, 15) is 10.1 Å². The van der Waals surface area contributed by atoms with Gasteiger partial charge in [0.25, 0.3) is 5.69 Å². The van der Waals surface area contributed by atoms with Crippen LogP contribution >= 0.6 is 0 Å². The van der Waals surface area contributed by atoms with Gasteiger partial charge in [-0.25, -0.2) is 0 Å². The molecule has 1 radical (unpaired) electrons. The van der Waals surface area contributed by atoms with Crippen LogP contribution in [0.3, 0.4) is 0 Å². The van der Waals surface area contributed by atoms with Crippen molar-refractivity contribution >= 4 is 14.7 Å². The average Bonchev–Trinajstić information content (AvgIpc) is 2.33. The first-order valence-corrected chi connectivity index (χ1v) is 8.73. The van der Waals surface area contributed by atoms with E-state index in [1.165, 1.54) is 0 Å². The van der Waals surface area contributed by atoms with Crippen molar-refractivity contribution in [3.63, 3.8) is 0 Å². The molecule has 0 aliphatic rings. The maximum Gasteiger partial charge on any atom is 0.279 e. The molecular formula is C14H19N2O3Si. The van der Waals surface area contributed by atoms with Gasteiger partial charge in [0, 0.05) is 5.56 Å². The third-order valence-corrected chi connectivity index (χ3v) is 3.62. The zero-order valence-electron chi connectivity index (χ0n) is 12.5. The second kappa shape index (κ2) is 6.16. The smallest absolute Gasteiger partial charge is 0.279 e. The number of hydrogen-bond donors (Lipinski definition) is 0. The number of nitro benzene ring substituents is 1. The van der Waals surface area contributed by atoms with Crippen molar-refractivity contribution in [2.24, 2.45) is 0 Å². The van der Waals surface area contributed by atoms with Gasteiger partial charge in [-0.15, -0.1) is 0 Å². The number of rotatable bonds is 4. The zero-order valence-corrected chi connectivity index (χ0v) is 13.5. The fraction of sp³-hybridized carbons (Fsp3) is 0.500. The highest BCUT2D eigenvalue weighted by Gasteiger charge is 2.30. The SMILES string of the molecule is C[Si](C)OCc1c(C#N)ccc(C(C)(C)C)c1[N+](=O)[O-]. The summed E-state index contributed by atoms with van der Waals surface area (Å²) in [6.45, 7) is 9.78. The first-order valence-electron chi connectivity index (χ1n) is 6.32. The number of nitrogens with zero attached hydrogens (tertiary/aromatic N) is 2. The van der Waals surface area contributed by atoms with Gasteiger partial charge in [-0.05, 0) is 24.6 Å². The van der Waals surface area contributed by atoms with Crippen molar-refractivity contribution in [2.45, 2.75) is 45.9 Å². The second-order valence-corrected chi connectivity index (χ2v) is 7.91. The number of hydrogen-bond acceptors (Lipinski definition) is 4. The fourth-order valence-corrected chi connectivity index (χ4v) is 2.35. The Morgan fingerprint density at radius 2 is 2.00 bits per heavy atom. The highest BCUT2D eigenvalue weighted by Crippen LogP contribution is 2.35. The van der Waals surface area contributed by atoms with Crippen LogP contribution in [0, 0.1) is 21.4 Å². The Labute approximate surface area is 121 Å². The molecule has 1 aromatic carbocycles. The molecule has 0 N–H and O–H groups in total. The topological polar surface area (TPSA) is 76.2 Å². The Morgan fingerprint density at radius 3 is 2.40 bits per heavy atom. The molecule has 0 unspecified atom stereocenters. The Kier molecular flexibility index (Phi) is 5.03. The van der Waals surface area contributed by atoms with Crippen molar-refractivity contribution in [3.05, 3.63) is 38.9 Å². The molecule has 0 aromatic heterocycles. The summed E-state index contributed by atoms with van der Waals surface area (Å²) in [7, 11) is -0.978. The van der Waals surface area contributed by atoms with Crippen LogP contribution < -0.4 is 0 Å². The lowest BCUT2D eigenvalue weighted by atomic mass is 9.83. The van der Waals surface area contributed by atoms with Gasteiger partial charge in [-0.2, -0.15) is 5.26 Å². The molecule has 0 aliphatic heterocycles. The Morgan fingerprint density at radius 1 is 1.40 bits per heavy atom. The molecule has 0 bridgehead atoms. The van der Waals surface area contributed by atoms with Crippen molar-refractivity contribution < 1.29 is 9.35 Å². The Hall–Kier alpha value is -1.71. The summed E-state index contributed by atoms with van der Waals surface area (Å²) in [5.41, 5.74) is 0.974. The third-order valence-electron chi connectivity index (χ3n) is 2.90. The van der Waals surface area contributed by atoms with Gasteiger partial charge >= 0.3 is 0 Å². The van der Waals surface area contributed by atoms with Crippen LogP contribution in [0.5, 0.6) is 0 Å². The molecule has 6 heteroatoms. The van der Waals surface area contributed by atoms with E-state index in [1.807, 2.05) is 39.9 Å². The van der Waals surface area contributed by atoms with E-state index in [-0.39, 0.29) is 17.7 Å². The minimum atomic E-state index is -0.978. The summed E-state index contributed by atoms with van der Waals surface area (Å²) in [5.74, 6) is 0. The summed E-state index contributed by atoms with van der Waals surface area (Å²) in [6, 6.07) is 5.33. The predicted octanol–water partition coefficient (Wildman–Crippen LogP) is 3.53. The molecule has 0 atom stereocenters. The molecule has 0 fully saturated rings. The van der Waals surface area contributed by atoms with E-state index in [0.717, 1.165) is 0 Å². The van der Waals surface area contributed by atoms with Gasteiger partial charge in [-0.3, -0.25) is 10.1 Å². The standard InChI is InChI=1S/C14H19N2O3Si/c1-14(2,3)12-7-6-10(8-15)11(9-19-20(4)5)13(12)16(17)18/h6-7H,9H2,1-5H3. The van der Waals surface area contributed by atoms with E-state index >= 15 is 0 Å². The van der Waals surface area contributed by atoms with Gasteiger partial charge < -0.3 is 4.43 Å². The van der Waals surface area contributed by atoms with Gasteiger partial charge in [-0.1, -0.05) is 26.8 Å². The quantitative estimate of drug-likeness (QED) is 0.483. The highest BCUT2D eigenvalue weighted by molar-refractivity contribution is 6.48. The lowest BCUT2D eigenvalue weighted by Crippen LogP contribution is -2.17. The Balaban J connectivity index is 3.50. The van der Waals surface area contributed by atoms with Crippen LogP contribution in [0.2, 0.25) is 13.1 Å². The van der Waals surface area contributed by atoms with E-state index in [2.05, 4.69) is 0 Å². The van der Waals surface area contributed by atoms with Gasteiger partial charge in [0.2, 0.25) is 9.04 Å². The minimum absolute atomic E-state index is 0.0137. The van der Waals surface area contributed by atoms with Crippen molar-refractivity contribution in [1.29, 1.82) is 5.26 Å². The molecule has 0 saturated carbocycles. The molecule has 5 nitrogen and oxygen atoms in total. The number of nitriles is 1. The van der Waals surface area contributed by atoms with Gasteiger partial charge in [0.15, 0.2) is 0 Å². The molecule has 20 heavy (non-hydrogen) atoms. The van der Waals surface area contributed by atoms with Crippen LogP contribution in [0.25, 0.3) is 0 Å². The minimum Gasteiger partial charge on any atom is -0.413 e. The van der Waals surface area contributed by atoms with Crippen molar-refractivity contribution in [1.82, 2.24) is 0 Å². The average molecular weight is 291 g/mol. The third kappa shape index (κ3) is 3.65. The molecule has 0 spiro atoms. The fourth-order valence-electron chi connectivity index (χ4n) is 1.92.